The second-order valence-corrected chi connectivity index (χ2v) is 2.81. The molecule has 3 nitrogen and oxygen atoms in total. The van der Waals surface area contributed by atoms with Crippen LogP contribution < -0.4 is 0 Å². The number of esters is 1. The van der Waals surface area contributed by atoms with Crippen LogP contribution in [0.3, 0.4) is 0 Å². The molecule has 76 valence electrons. The first-order valence-electron chi connectivity index (χ1n) is 4.60. The third-order valence-electron chi connectivity index (χ3n) is 1.43. The zero-order valence-corrected chi connectivity index (χ0v) is 8.47. The molecule has 0 aliphatic rings. The van der Waals surface area contributed by atoms with Gasteiger partial charge in [0, 0.05) is 6.42 Å². The summed E-state index contributed by atoms with van der Waals surface area (Å²) in [7, 11) is 0. The van der Waals surface area contributed by atoms with E-state index in [2.05, 4.69) is 6.58 Å². The number of carbonyl (C=O) groups excluding carboxylic acids is 1. The molecule has 0 aromatic carbocycles. The highest BCUT2D eigenvalue weighted by Gasteiger charge is 2.00. The fourth-order valence-electron chi connectivity index (χ4n) is 0.851. The molecule has 0 aliphatic carbocycles. The second-order valence-electron chi connectivity index (χ2n) is 2.81. The van der Waals surface area contributed by atoms with Crippen molar-refractivity contribution < 1.29 is 14.3 Å². The van der Waals surface area contributed by atoms with Crippen molar-refractivity contribution in [3.8, 4) is 0 Å². The molecule has 0 heterocycles. The molecular formula is C10H18O3. The third-order valence-corrected chi connectivity index (χ3v) is 1.43. The molecule has 0 saturated heterocycles. The highest BCUT2D eigenvalue weighted by Crippen LogP contribution is 2.00. The normalized spacial score (nSPS) is 9.38. The van der Waals surface area contributed by atoms with E-state index in [1.54, 1.807) is 0 Å². The Morgan fingerprint density at radius 1 is 1.31 bits per heavy atom. The van der Waals surface area contributed by atoms with Gasteiger partial charge in [-0.1, -0.05) is 6.58 Å². The predicted molar refractivity (Wildman–Crippen MR) is 51.3 cm³/mol. The van der Waals surface area contributed by atoms with Crippen molar-refractivity contribution in [1.29, 1.82) is 0 Å². The highest BCUT2D eigenvalue weighted by molar-refractivity contribution is 5.69. The van der Waals surface area contributed by atoms with Crippen molar-refractivity contribution >= 4 is 5.97 Å². The van der Waals surface area contributed by atoms with Crippen LogP contribution in [-0.2, 0) is 14.3 Å². The monoisotopic (exact) mass is 186 g/mol. The van der Waals surface area contributed by atoms with Gasteiger partial charge in [-0.05, 0) is 26.7 Å². The number of rotatable bonds is 7. The lowest BCUT2D eigenvalue weighted by Gasteiger charge is -2.04. The third kappa shape index (κ3) is 8.92. The molecule has 0 unspecified atom stereocenters. The van der Waals surface area contributed by atoms with E-state index in [1.165, 1.54) is 0 Å². The van der Waals surface area contributed by atoms with Crippen LogP contribution in [0.25, 0.3) is 0 Å². The quantitative estimate of drug-likeness (QED) is 0.347. The molecule has 0 radical (unpaired) electrons. The molecule has 0 rings (SSSR count). The van der Waals surface area contributed by atoms with Gasteiger partial charge in [0.1, 0.15) is 0 Å². The minimum atomic E-state index is -0.127. The van der Waals surface area contributed by atoms with Gasteiger partial charge >= 0.3 is 5.97 Å². The van der Waals surface area contributed by atoms with Crippen molar-refractivity contribution in [3.05, 3.63) is 12.3 Å². The van der Waals surface area contributed by atoms with Gasteiger partial charge in [-0.15, -0.1) is 0 Å². The summed E-state index contributed by atoms with van der Waals surface area (Å²) in [5.74, 6) is 0.592. The summed E-state index contributed by atoms with van der Waals surface area (Å²) < 4.78 is 9.91. The number of allylic oxidation sites excluding steroid dienone is 1. The Kier molecular flexibility index (Phi) is 7.07. The van der Waals surface area contributed by atoms with E-state index in [9.17, 15) is 4.79 Å². The average Bonchev–Trinajstić information content (AvgIpc) is 2.03. The van der Waals surface area contributed by atoms with E-state index < -0.39 is 0 Å². The SMILES string of the molecule is C=C(C)OCCCCC(=O)OCC. The Labute approximate surface area is 79.7 Å². The van der Waals surface area contributed by atoms with Crippen LogP contribution in [-0.4, -0.2) is 19.2 Å². The minimum Gasteiger partial charge on any atom is -0.499 e. The van der Waals surface area contributed by atoms with Crippen LogP contribution in [0.5, 0.6) is 0 Å². The summed E-state index contributed by atoms with van der Waals surface area (Å²) in [6.45, 7) is 8.32. The maximum Gasteiger partial charge on any atom is 0.305 e. The molecule has 13 heavy (non-hydrogen) atoms. The lowest BCUT2D eigenvalue weighted by Crippen LogP contribution is -2.04. The van der Waals surface area contributed by atoms with E-state index in [4.69, 9.17) is 9.47 Å². The van der Waals surface area contributed by atoms with Crippen molar-refractivity contribution in [2.24, 2.45) is 0 Å². The number of carbonyl (C=O) groups is 1. The van der Waals surface area contributed by atoms with Crippen LogP contribution in [0, 0.1) is 0 Å². The molecule has 0 aromatic heterocycles. The van der Waals surface area contributed by atoms with Crippen LogP contribution in [0.2, 0.25) is 0 Å². The summed E-state index contributed by atoms with van der Waals surface area (Å²) in [6.07, 6.45) is 2.16. The van der Waals surface area contributed by atoms with Crippen molar-refractivity contribution in [1.82, 2.24) is 0 Å². The van der Waals surface area contributed by atoms with Crippen LogP contribution in [0.15, 0.2) is 12.3 Å². The van der Waals surface area contributed by atoms with E-state index in [1.807, 2.05) is 13.8 Å². The first-order chi connectivity index (χ1) is 6.16. The first-order valence-corrected chi connectivity index (χ1v) is 4.60. The summed E-state index contributed by atoms with van der Waals surface area (Å²) in [5.41, 5.74) is 0. The van der Waals surface area contributed by atoms with Gasteiger partial charge in [0.15, 0.2) is 0 Å². The van der Waals surface area contributed by atoms with Gasteiger partial charge in [0.25, 0.3) is 0 Å². The number of hydrogen-bond acceptors (Lipinski definition) is 3. The van der Waals surface area contributed by atoms with E-state index >= 15 is 0 Å². The summed E-state index contributed by atoms with van der Waals surface area (Å²) in [5, 5.41) is 0. The minimum absolute atomic E-state index is 0.127. The predicted octanol–water partition coefficient (Wildman–Crippen LogP) is 2.27. The van der Waals surface area contributed by atoms with Gasteiger partial charge in [-0.25, -0.2) is 0 Å². The van der Waals surface area contributed by atoms with Crippen LogP contribution in [0.1, 0.15) is 33.1 Å². The molecule has 0 N–H and O–H groups in total. The van der Waals surface area contributed by atoms with Crippen molar-refractivity contribution in [2.75, 3.05) is 13.2 Å². The lowest BCUT2D eigenvalue weighted by atomic mass is 10.2. The van der Waals surface area contributed by atoms with E-state index in [0.717, 1.165) is 18.6 Å². The number of hydrogen-bond donors (Lipinski definition) is 0. The fourth-order valence-corrected chi connectivity index (χ4v) is 0.851. The Balaban J connectivity index is 3.16. The molecule has 0 bridgehead atoms. The largest absolute Gasteiger partial charge is 0.499 e. The van der Waals surface area contributed by atoms with Gasteiger partial charge in [-0.2, -0.15) is 0 Å². The van der Waals surface area contributed by atoms with Gasteiger partial charge < -0.3 is 9.47 Å². The van der Waals surface area contributed by atoms with Crippen molar-refractivity contribution in [2.45, 2.75) is 33.1 Å². The molecule has 3 heteroatoms. The standard InChI is InChI=1S/C10H18O3/c1-4-12-10(11)7-5-6-8-13-9(2)3/h2,4-8H2,1,3H3. The maximum absolute atomic E-state index is 10.9. The highest BCUT2D eigenvalue weighted by atomic mass is 16.5. The zero-order valence-electron chi connectivity index (χ0n) is 8.47. The summed E-state index contributed by atoms with van der Waals surface area (Å²) in [6, 6.07) is 0. The fraction of sp³-hybridized carbons (Fsp3) is 0.700. The molecule has 0 spiro atoms. The molecule has 0 aromatic rings. The molecular weight excluding hydrogens is 168 g/mol. The lowest BCUT2D eigenvalue weighted by molar-refractivity contribution is -0.143. The van der Waals surface area contributed by atoms with Gasteiger partial charge in [-0.3, -0.25) is 4.79 Å². The number of unbranched alkanes of at least 4 members (excludes halogenated alkanes) is 1. The van der Waals surface area contributed by atoms with Crippen LogP contribution >= 0.6 is 0 Å². The Hall–Kier alpha value is -0.990. The second kappa shape index (κ2) is 7.65. The molecule has 0 saturated carbocycles. The van der Waals surface area contributed by atoms with Gasteiger partial charge in [0.2, 0.25) is 0 Å². The Morgan fingerprint density at radius 2 is 2.00 bits per heavy atom. The van der Waals surface area contributed by atoms with E-state index in [0.29, 0.717) is 19.6 Å². The number of ether oxygens (including phenoxy) is 2. The van der Waals surface area contributed by atoms with Gasteiger partial charge in [0.05, 0.1) is 19.0 Å². The summed E-state index contributed by atoms with van der Waals surface area (Å²) >= 11 is 0. The molecule has 0 fully saturated rings. The van der Waals surface area contributed by atoms with E-state index in [-0.39, 0.29) is 5.97 Å². The zero-order chi connectivity index (χ0) is 10.1. The summed E-state index contributed by atoms with van der Waals surface area (Å²) in [4.78, 5) is 10.9. The maximum atomic E-state index is 10.9. The first kappa shape index (κ1) is 12.0. The average molecular weight is 186 g/mol. The Morgan fingerprint density at radius 3 is 2.54 bits per heavy atom. The van der Waals surface area contributed by atoms with Crippen LogP contribution in [0.4, 0.5) is 0 Å². The molecule has 0 aliphatic heterocycles. The topological polar surface area (TPSA) is 35.5 Å². The molecule has 0 amide bonds. The smallest absolute Gasteiger partial charge is 0.305 e. The van der Waals surface area contributed by atoms with Crippen molar-refractivity contribution in [3.63, 3.8) is 0 Å². The Bertz CT molecular complexity index is 164. The molecule has 0 atom stereocenters.